The summed E-state index contributed by atoms with van der Waals surface area (Å²) in [6, 6.07) is 2.18. The standard InChI is InChI=1S/C13H17F4NO/c1-3-6-18-12(13(15,16)17)8-9-4-5-11(19-2)10(14)7-9/h4-5,7,12,18H,3,6,8H2,1-2H3. The van der Waals surface area contributed by atoms with Crippen LogP contribution >= 0.6 is 0 Å². The fourth-order valence-corrected chi connectivity index (χ4v) is 1.69. The Bertz CT molecular complexity index is 406. The third-order valence-corrected chi connectivity index (χ3v) is 2.69. The first-order valence-corrected chi connectivity index (χ1v) is 6.01. The van der Waals surface area contributed by atoms with Gasteiger partial charge in [-0.05, 0) is 37.1 Å². The van der Waals surface area contributed by atoms with Crippen LogP contribution in [0, 0.1) is 5.82 Å². The van der Waals surface area contributed by atoms with Crippen LogP contribution in [-0.2, 0) is 6.42 Å². The molecule has 0 aliphatic heterocycles. The largest absolute Gasteiger partial charge is 0.494 e. The van der Waals surface area contributed by atoms with Gasteiger partial charge >= 0.3 is 6.18 Å². The second kappa shape index (κ2) is 6.75. The maximum Gasteiger partial charge on any atom is 0.404 e. The van der Waals surface area contributed by atoms with Gasteiger partial charge in [-0.1, -0.05) is 13.0 Å². The van der Waals surface area contributed by atoms with E-state index in [0.717, 1.165) is 6.07 Å². The molecule has 2 nitrogen and oxygen atoms in total. The number of methoxy groups -OCH3 is 1. The zero-order valence-corrected chi connectivity index (χ0v) is 10.9. The van der Waals surface area contributed by atoms with Crippen molar-refractivity contribution in [2.75, 3.05) is 13.7 Å². The number of halogens is 4. The number of nitrogens with one attached hydrogen (secondary N) is 1. The SMILES string of the molecule is CCCNC(Cc1ccc(OC)c(F)c1)C(F)(F)F. The molecule has 0 heterocycles. The Morgan fingerprint density at radius 2 is 2.00 bits per heavy atom. The Hall–Kier alpha value is -1.30. The molecule has 0 aliphatic carbocycles. The predicted molar refractivity (Wildman–Crippen MR) is 64.8 cm³/mol. The van der Waals surface area contributed by atoms with Crippen molar-refractivity contribution < 1.29 is 22.3 Å². The van der Waals surface area contributed by atoms with E-state index in [4.69, 9.17) is 4.74 Å². The molecule has 19 heavy (non-hydrogen) atoms. The molecule has 1 unspecified atom stereocenters. The van der Waals surface area contributed by atoms with Gasteiger partial charge < -0.3 is 10.1 Å². The molecule has 0 aromatic heterocycles. The summed E-state index contributed by atoms with van der Waals surface area (Å²) in [6.07, 6.45) is -4.06. The van der Waals surface area contributed by atoms with Gasteiger partial charge in [-0.2, -0.15) is 13.2 Å². The van der Waals surface area contributed by atoms with E-state index in [1.807, 2.05) is 0 Å². The number of hydrogen-bond acceptors (Lipinski definition) is 2. The minimum absolute atomic E-state index is 0.0221. The molecule has 0 aliphatic rings. The van der Waals surface area contributed by atoms with Crippen molar-refractivity contribution in [3.05, 3.63) is 29.6 Å². The second-order valence-corrected chi connectivity index (χ2v) is 4.22. The molecule has 0 amide bonds. The Labute approximate surface area is 109 Å². The van der Waals surface area contributed by atoms with Crippen molar-refractivity contribution in [3.63, 3.8) is 0 Å². The number of ether oxygens (including phenoxy) is 1. The number of benzene rings is 1. The highest BCUT2D eigenvalue weighted by molar-refractivity contribution is 5.29. The van der Waals surface area contributed by atoms with Crippen LogP contribution in [0.3, 0.4) is 0 Å². The highest BCUT2D eigenvalue weighted by atomic mass is 19.4. The summed E-state index contributed by atoms with van der Waals surface area (Å²) in [7, 11) is 1.30. The Morgan fingerprint density at radius 1 is 1.32 bits per heavy atom. The minimum atomic E-state index is -4.36. The van der Waals surface area contributed by atoms with E-state index in [9.17, 15) is 17.6 Å². The van der Waals surface area contributed by atoms with E-state index in [-0.39, 0.29) is 24.3 Å². The minimum Gasteiger partial charge on any atom is -0.494 e. The molecule has 1 atom stereocenters. The van der Waals surface area contributed by atoms with E-state index < -0.39 is 18.0 Å². The number of alkyl halides is 3. The van der Waals surface area contributed by atoms with Crippen LogP contribution in [0.4, 0.5) is 17.6 Å². The lowest BCUT2D eigenvalue weighted by molar-refractivity contribution is -0.155. The fraction of sp³-hybridized carbons (Fsp3) is 0.538. The summed E-state index contributed by atoms with van der Waals surface area (Å²) in [6.45, 7) is 2.05. The normalized spacial score (nSPS) is 13.4. The lowest BCUT2D eigenvalue weighted by atomic mass is 10.0. The molecular weight excluding hydrogens is 262 g/mol. The molecule has 108 valence electrons. The first kappa shape index (κ1) is 15.8. The number of rotatable bonds is 6. The molecule has 6 heteroatoms. The third kappa shape index (κ3) is 4.70. The molecule has 0 bridgehead atoms. The van der Waals surface area contributed by atoms with Crippen molar-refractivity contribution in [1.29, 1.82) is 0 Å². The summed E-state index contributed by atoms with van der Waals surface area (Å²) in [5, 5.41) is 2.43. The molecule has 0 fully saturated rings. The van der Waals surface area contributed by atoms with Crippen LogP contribution in [0.5, 0.6) is 5.75 Å². The molecule has 1 aromatic rings. The van der Waals surface area contributed by atoms with Crippen molar-refractivity contribution in [2.45, 2.75) is 32.0 Å². The molecular formula is C13H17F4NO. The quantitative estimate of drug-likeness (QED) is 0.807. The Balaban J connectivity index is 2.81. The summed E-state index contributed by atoms with van der Waals surface area (Å²) in [5.74, 6) is -0.634. The summed E-state index contributed by atoms with van der Waals surface area (Å²) in [5.41, 5.74) is 0.282. The maximum atomic E-state index is 13.4. The van der Waals surface area contributed by atoms with E-state index in [1.165, 1.54) is 19.2 Å². The smallest absolute Gasteiger partial charge is 0.404 e. The Kier molecular flexibility index (Phi) is 5.60. The first-order chi connectivity index (χ1) is 8.88. The second-order valence-electron chi connectivity index (χ2n) is 4.22. The summed E-state index contributed by atoms with van der Waals surface area (Å²) >= 11 is 0. The van der Waals surface area contributed by atoms with Gasteiger partial charge in [0.05, 0.1) is 7.11 Å². The van der Waals surface area contributed by atoms with Crippen LogP contribution in [-0.4, -0.2) is 25.9 Å². The van der Waals surface area contributed by atoms with E-state index in [0.29, 0.717) is 6.42 Å². The van der Waals surface area contributed by atoms with Gasteiger partial charge in [0, 0.05) is 0 Å². The van der Waals surface area contributed by atoms with E-state index in [2.05, 4.69) is 5.32 Å². The van der Waals surface area contributed by atoms with Gasteiger partial charge in [-0.3, -0.25) is 0 Å². The van der Waals surface area contributed by atoms with Crippen molar-refractivity contribution in [3.8, 4) is 5.75 Å². The predicted octanol–water partition coefficient (Wildman–Crippen LogP) is 3.31. The van der Waals surface area contributed by atoms with Crippen LogP contribution in [0.2, 0.25) is 0 Å². The van der Waals surface area contributed by atoms with Gasteiger partial charge in [0.15, 0.2) is 11.6 Å². The molecule has 0 saturated heterocycles. The molecule has 1 aromatic carbocycles. The third-order valence-electron chi connectivity index (χ3n) is 2.69. The van der Waals surface area contributed by atoms with Crippen molar-refractivity contribution >= 4 is 0 Å². The van der Waals surface area contributed by atoms with E-state index in [1.54, 1.807) is 6.92 Å². The van der Waals surface area contributed by atoms with Gasteiger partial charge in [-0.25, -0.2) is 4.39 Å². The van der Waals surface area contributed by atoms with Crippen LogP contribution in [0.1, 0.15) is 18.9 Å². The van der Waals surface area contributed by atoms with Crippen molar-refractivity contribution in [1.82, 2.24) is 5.32 Å². The highest BCUT2D eigenvalue weighted by Gasteiger charge is 2.39. The average Bonchev–Trinajstić information content (AvgIpc) is 2.33. The van der Waals surface area contributed by atoms with Gasteiger partial charge in [0.1, 0.15) is 6.04 Å². The summed E-state index contributed by atoms with van der Waals surface area (Å²) < 4.78 is 56.5. The lowest BCUT2D eigenvalue weighted by Gasteiger charge is -2.21. The topological polar surface area (TPSA) is 21.3 Å². The molecule has 0 saturated carbocycles. The zero-order chi connectivity index (χ0) is 14.5. The molecule has 0 spiro atoms. The fourth-order valence-electron chi connectivity index (χ4n) is 1.69. The van der Waals surface area contributed by atoms with Gasteiger partial charge in [-0.15, -0.1) is 0 Å². The van der Waals surface area contributed by atoms with Gasteiger partial charge in [0.2, 0.25) is 0 Å². The lowest BCUT2D eigenvalue weighted by Crippen LogP contribution is -2.44. The molecule has 1 rings (SSSR count). The molecule has 0 radical (unpaired) electrons. The van der Waals surface area contributed by atoms with E-state index >= 15 is 0 Å². The summed E-state index contributed by atoms with van der Waals surface area (Å²) in [4.78, 5) is 0. The number of hydrogen-bond donors (Lipinski definition) is 1. The Morgan fingerprint density at radius 3 is 2.47 bits per heavy atom. The maximum absolute atomic E-state index is 13.4. The average molecular weight is 279 g/mol. The van der Waals surface area contributed by atoms with Gasteiger partial charge in [0.25, 0.3) is 0 Å². The monoisotopic (exact) mass is 279 g/mol. The van der Waals surface area contributed by atoms with Crippen LogP contribution < -0.4 is 10.1 Å². The van der Waals surface area contributed by atoms with Crippen molar-refractivity contribution in [2.24, 2.45) is 0 Å². The molecule has 1 N–H and O–H groups in total. The van der Waals surface area contributed by atoms with Crippen LogP contribution in [0.15, 0.2) is 18.2 Å². The highest BCUT2D eigenvalue weighted by Crippen LogP contribution is 2.25. The zero-order valence-electron chi connectivity index (χ0n) is 10.9. The first-order valence-electron chi connectivity index (χ1n) is 6.01. The van der Waals surface area contributed by atoms with Crippen LogP contribution in [0.25, 0.3) is 0 Å².